The second-order valence-corrected chi connectivity index (χ2v) is 46.4. The Morgan fingerprint density at radius 3 is 1.09 bits per heavy atom. The summed E-state index contributed by atoms with van der Waals surface area (Å²) in [5.74, 6) is 2.00. The molecule has 10 aliphatic heterocycles. The molecule has 16 fully saturated rings. The van der Waals surface area contributed by atoms with Gasteiger partial charge in [-0.25, -0.2) is 0 Å². The van der Waals surface area contributed by atoms with Crippen LogP contribution in [0.25, 0.3) is 0 Å². The van der Waals surface area contributed by atoms with E-state index >= 15 is 0 Å². The number of hydrogen-bond donors (Lipinski definition) is 1. The summed E-state index contributed by atoms with van der Waals surface area (Å²) in [6.07, 6.45) is 22.2. The molecule has 12 bridgehead atoms. The number of ether oxygens (including phenoxy) is 2. The lowest BCUT2D eigenvalue weighted by Gasteiger charge is -2.62. The van der Waals surface area contributed by atoms with E-state index in [4.69, 9.17) is 9.47 Å². The molecule has 6 unspecified atom stereocenters. The van der Waals surface area contributed by atoms with Crippen LogP contribution in [0.4, 0.5) is 0 Å². The zero-order chi connectivity index (χ0) is 67.6. The minimum absolute atomic E-state index is 0.167. The number of hydrogen-bond acceptors (Lipinski definition) is 5. The second-order valence-electron chi connectivity index (χ2n) is 46.4. The minimum atomic E-state index is 0.167. The molecular formula is C83H157N3O2. The third-order valence-corrected chi connectivity index (χ3v) is 30.5. The molecule has 0 aromatic carbocycles. The third kappa shape index (κ3) is 13.0. The van der Waals surface area contributed by atoms with Crippen LogP contribution in [0.2, 0.25) is 0 Å². The van der Waals surface area contributed by atoms with Crippen LogP contribution in [0.15, 0.2) is 0 Å². The molecule has 6 atom stereocenters. The van der Waals surface area contributed by atoms with E-state index in [1.165, 1.54) is 129 Å². The Balaban J connectivity index is 0.000000151. The zero-order valence-electron chi connectivity index (χ0n) is 66.6. The Bertz CT molecular complexity index is 2190. The zero-order valence-corrected chi connectivity index (χ0v) is 66.6. The van der Waals surface area contributed by atoms with Crippen LogP contribution in [0.1, 0.15) is 352 Å². The first-order chi connectivity index (χ1) is 38.8. The van der Waals surface area contributed by atoms with E-state index in [1.807, 2.05) is 0 Å². The van der Waals surface area contributed by atoms with Crippen LogP contribution >= 0.6 is 0 Å². The quantitative estimate of drug-likeness (QED) is 0.262. The molecule has 0 aromatic heterocycles. The predicted molar refractivity (Wildman–Crippen MR) is 383 cm³/mol. The highest BCUT2D eigenvalue weighted by Crippen LogP contribution is 2.72. The molecule has 10 saturated heterocycles. The first-order valence-electron chi connectivity index (χ1n) is 37.4. The maximum Gasteiger partial charge on any atom is 0.0743 e. The van der Waals surface area contributed by atoms with Crippen LogP contribution in [-0.2, 0) is 9.47 Å². The Labute approximate surface area is 551 Å². The van der Waals surface area contributed by atoms with E-state index in [2.05, 4.69) is 264 Å². The van der Waals surface area contributed by atoms with Gasteiger partial charge in [-0.3, -0.25) is 9.80 Å². The van der Waals surface area contributed by atoms with Crippen LogP contribution < -0.4 is 5.32 Å². The summed E-state index contributed by atoms with van der Waals surface area (Å²) < 4.78 is 12.5. The van der Waals surface area contributed by atoms with Crippen molar-refractivity contribution in [3.63, 3.8) is 0 Å². The molecule has 516 valence electrons. The summed E-state index contributed by atoms with van der Waals surface area (Å²) in [5, 5.41) is 3.79. The van der Waals surface area contributed by atoms with Gasteiger partial charge in [-0.05, 0) is 229 Å². The lowest BCUT2D eigenvalue weighted by Crippen LogP contribution is -2.60. The predicted octanol–water partition coefficient (Wildman–Crippen LogP) is 23.0. The molecule has 88 heavy (non-hydrogen) atoms. The average Bonchev–Trinajstić information content (AvgIpc) is 3.99. The van der Waals surface area contributed by atoms with Crippen molar-refractivity contribution in [2.24, 2.45) is 104 Å². The number of piperidine rings is 1. The van der Waals surface area contributed by atoms with Crippen LogP contribution in [0, 0.1) is 104 Å². The molecule has 0 aromatic rings. The van der Waals surface area contributed by atoms with E-state index in [-0.39, 0.29) is 16.6 Å². The summed E-state index contributed by atoms with van der Waals surface area (Å²) in [7, 11) is 0. The molecule has 5 heteroatoms. The van der Waals surface area contributed by atoms with Crippen molar-refractivity contribution in [1.82, 2.24) is 15.1 Å². The highest BCUT2D eigenvalue weighted by atomic mass is 16.5. The first-order valence-corrected chi connectivity index (χ1v) is 37.4. The summed E-state index contributed by atoms with van der Waals surface area (Å²) in [6.45, 7) is 93.2. The van der Waals surface area contributed by atoms with Crippen molar-refractivity contribution in [1.29, 1.82) is 0 Å². The second kappa shape index (κ2) is 22.4. The van der Waals surface area contributed by atoms with Crippen molar-refractivity contribution in [2.75, 3.05) is 39.4 Å². The maximum atomic E-state index is 6.36. The molecule has 10 heterocycles. The molecule has 1 N–H and O–H groups in total. The van der Waals surface area contributed by atoms with Crippen molar-refractivity contribution < 1.29 is 9.47 Å². The van der Waals surface area contributed by atoms with E-state index in [9.17, 15) is 0 Å². The summed E-state index contributed by atoms with van der Waals surface area (Å²) in [6, 6.07) is 1.69. The van der Waals surface area contributed by atoms with Gasteiger partial charge in [0.25, 0.3) is 0 Å². The van der Waals surface area contributed by atoms with E-state index in [1.54, 1.807) is 0 Å². The summed E-state index contributed by atoms with van der Waals surface area (Å²) in [4.78, 5) is 5.46. The topological polar surface area (TPSA) is 37.0 Å². The van der Waals surface area contributed by atoms with Gasteiger partial charge in [-0.2, -0.15) is 0 Å². The van der Waals surface area contributed by atoms with E-state index < -0.39 is 0 Å². The number of nitrogens with one attached hydrogen (secondary N) is 1. The first kappa shape index (κ1) is 75.2. The maximum absolute atomic E-state index is 6.36. The van der Waals surface area contributed by atoms with Gasteiger partial charge in [0.05, 0.1) is 24.4 Å². The molecule has 6 aliphatic carbocycles. The molecule has 6 saturated carbocycles. The smallest absolute Gasteiger partial charge is 0.0743 e. The molecule has 5 nitrogen and oxygen atoms in total. The van der Waals surface area contributed by atoms with Crippen molar-refractivity contribution in [3.8, 4) is 0 Å². The normalized spacial score (nSPS) is 41.0. The monoisotopic (exact) mass is 1230 g/mol. The van der Waals surface area contributed by atoms with E-state index in [0.717, 1.165) is 37.1 Å². The number of rotatable bonds is 0. The van der Waals surface area contributed by atoms with Gasteiger partial charge in [0.15, 0.2) is 0 Å². The van der Waals surface area contributed by atoms with Crippen molar-refractivity contribution in [2.45, 2.75) is 386 Å². The van der Waals surface area contributed by atoms with Crippen molar-refractivity contribution in [3.05, 3.63) is 0 Å². The lowest BCUT2D eigenvalue weighted by atomic mass is 9.47. The fourth-order valence-corrected chi connectivity index (χ4v) is 21.5. The third-order valence-electron chi connectivity index (χ3n) is 30.5. The Morgan fingerprint density at radius 2 is 0.830 bits per heavy atom. The van der Waals surface area contributed by atoms with Crippen LogP contribution in [0.5, 0.6) is 0 Å². The van der Waals surface area contributed by atoms with Gasteiger partial charge >= 0.3 is 0 Å². The molecule has 0 radical (unpaired) electrons. The Kier molecular flexibility index (Phi) is 19.2. The summed E-state index contributed by atoms with van der Waals surface area (Å²) >= 11 is 0. The molecular weight excluding hydrogens is 1070 g/mol. The van der Waals surface area contributed by atoms with Crippen molar-refractivity contribution >= 4 is 0 Å². The summed E-state index contributed by atoms with van der Waals surface area (Å²) in [5.41, 5.74) is 9.23. The van der Waals surface area contributed by atoms with E-state index in [0.29, 0.717) is 97.7 Å². The molecule has 16 aliphatic rings. The van der Waals surface area contributed by atoms with Crippen LogP contribution in [-0.4, -0.2) is 83.6 Å². The van der Waals surface area contributed by atoms with Gasteiger partial charge < -0.3 is 14.8 Å². The van der Waals surface area contributed by atoms with Crippen LogP contribution in [0.3, 0.4) is 0 Å². The fraction of sp³-hybridized carbons (Fsp3) is 1.00. The van der Waals surface area contributed by atoms with Gasteiger partial charge in [-0.15, -0.1) is 0 Å². The minimum Gasteiger partial charge on any atom is -0.374 e. The standard InChI is InChI=1S/C15H28O.C15H28.C14H27N.2C13H25N.C13H24O/c1-12(2,3)14-7-9-15(10-8-14,16-11-14)13(4,5)6;1-13(2,3)12-9-11-7-8-15(12,10-11)14(4,5)6;1-12(2,3)11-9-14(13(4,5)6)7-8-15(11)10-14;1-11(2,3)13-7-10(8-13)14(9-13)12(4,5)6;2*1-10(2,3)12-7-13(8-12,14-9-12)11(4,5)6/h7-11H2,1-6H3;11-12H,7-10H2,1-6H3;11H,7-10H2,1-6H3;10H,7-9H2,1-6H3;14H,7-9H2,1-6H3;7-9H2,1-6H3. The number of fused-ring (bicyclic) bond motifs is 10. The largest absolute Gasteiger partial charge is 0.374 e. The lowest BCUT2D eigenvalue weighted by molar-refractivity contribution is -0.249. The fourth-order valence-electron chi connectivity index (χ4n) is 21.5. The molecule has 0 amide bonds. The number of nitrogens with zero attached hydrogens (tertiary/aromatic N) is 2. The molecule has 16 rings (SSSR count). The van der Waals surface area contributed by atoms with Gasteiger partial charge in [0.2, 0.25) is 0 Å². The van der Waals surface area contributed by atoms with Gasteiger partial charge in [0.1, 0.15) is 0 Å². The van der Waals surface area contributed by atoms with Gasteiger partial charge in [-0.1, -0.05) is 228 Å². The average molecular weight is 1230 g/mol. The molecule has 0 spiro atoms. The Hall–Kier alpha value is -0.200. The highest BCUT2D eigenvalue weighted by molar-refractivity contribution is 5.24. The van der Waals surface area contributed by atoms with Gasteiger partial charge in [0, 0.05) is 48.2 Å². The SMILES string of the molecule is CC(C)(C)C12CCC(C(C)(C)C)(CC1)OC2.CC(C)(C)C12CNC(C(C)(C)C)(C1)C2.CC(C)(C)C12COC(C(C)(C)C)(C1)C2.CC(C)(C)C1CC2(C(C)(C)C)CCN1C2.CC(C)(C)C1CC2CCC1(C(C)(C)C)C2.CC(C)(C)N1CC2(C(C)(C)C)CC1C2. The highest BCUT2D eigenvalue weighted by Gasteiger charge is 2.71. The Morgan fingerprint density at radius 1 is 0.375 bits per heavy atom.